The van der Waals surface area contributed by atoms with E-state index < -0.39 is 0 Å². The van der Waals surface area contributed by atoms with Crippen LogP contribution in [-0.4, -0.2) is 34.1 Å². The molecule has 0 amide bonds. The van der Waals surface area contributed by atoms with Gasteiger partial charge in [0.1, 0.15) is 5.82 Å². The zero-order chi connectivity index (χ0) is 13.4. The second kappa shape index (κ2) is 5.14. The van der Waals surface area contributed by atoms with Gasteiger partial charge in [-0.15, -0.1) is 11.6 Å². The Morgan fingerprint density at radius 2 is 2.16 bits per heavy atom. The van der Waals surface area contributed by atoms with E-state index >= 15 is 0 Å². The lowest BCUT2D eigenvalue weighted by Crippen LogP contribution is -2.25. The van der Waals surface area contributed by atoms with Gasteiger partial charge in [0.25, 0.3) is 0 Å². The van der Waals surface area contributed by atoms with Gasteiger partial charge in [0.15, 0.2) is 0 Å². The number of aromatic nitrogens is 2. The molecule has 0 aliphatic heterocycles. The molecule has 1 aromatic heterocycles. The van der Waals surface area contributed by atoms with Crippen LogP contribution < -0.4 is 0 Å². The summed E-state index contributed by atoms with van der Waals surface area (Å²) in [7, 11) is 2.21. The lowest BCUT2D eigenvalue weighted by molar-refractivity contribution is 0.309. The third-order valence-corrected chi connectivity index (χ3v) is 4.08. The van der Waals surface area contributed by atoms with Crippen molar-refractivity contribution in [2.24, 2.45) is 0 Å². The average molecular weight is 278 g/mol. The summed E-state index contributed by atoms with van der Waals surface area (Å²) in [6.45, 7) is 4.01. The Labute approximate surface area is 119 Å². The predicted octanol–water partition coefficient (Wildman–Crippen LogP) is 3.43. The molecule has 1 aromatic carbocycles. The van der Waals surface area contributed by atoms with Crippen LogP contribution in [0.25, 0.3) is 11.0 Å². The number of rotatable bonds is 5. The summed E-state index contributed by atoms with van der Waals surface area (Å²) in [6, 6.07) is 9.07. The monoisotopic (exact) mass is 277 g/mol. The molecule has 19 heavy (non-hydrogen) atoms. The first kappa shape index (κ1) is 12.9. The number of nitrogens with zero attached hydrogens (tertiary/aromatic N) is 3. The maximum absolute atomic E-state index is 6.27. The Morgan fingerprint density at radius 1 is 1.42 bits per heavy atom. The number of imidazole rings is 1. The second-order valence-electron chi connectivity index (χ2n) is 5.44. The third kappa shape index (κ3) is 2.63. The SMILES string of the molecule is CC(Cl)c1nc2ccccc2n1CCN(C)C1CC1. The molecule has 1 aliphatic rings. The lowest BCUT2D eigenvalue weighted by Gasteiger charge is -2.18. The number of benzene rings is 1. The van der Waals surface area contributed by atoms with E-state index in [1.54, 1.807) is 0 Å². The summed E-state index contributed by atoms with van der Waals surface area (Å²) in [4.78, 5) is 7.11. The minimum Gasteiger partial charge on any atom is -0.325 e. The number of alkyl halides is 1. The molecule has 0 radical (unpaired) electrons. The van der Waals surface area contributed by atoms with E-state index in [9.17, 15) is 0 Å². The molecular weight excluding hydrogens is 258 g/mol. The highest BCUT2D eigenvalue weighted by Crippen LogP contribution is 2.27. The average Bonchev–Trinajstić information content (AvgIpc) is 3.17. The fraction of sp³-hybridized carbons (Fsp3) is 0.533. The van der Waals surface area contributed by atoms with Gasteiger partial charge >= 0.3 is 0 Å². The Bertz CT molecular complexity index is 572. The van der Waals surface area contributed by atoms with Crippen LogP contribution in [0.2, 0.25) is 0 Å². The van der Waals surface area contributed by atoms with E-state index in [4.69, 9.17) is 11.6 Å². The molecule has 0 bridgehead atoms. The highest BCUT2D eigenvalue weighted by molar-refractivity contribution is 6.20. The summed E-state index contributed by atoms with van der Waals surface area (Å²) in [6.07, 6.45) is 2.69. The third-order valence-electron chi connectivity index (χ3n) is 3.89. The number of para-hydroxylation sites is 2. The van der Waals surface area contributed by atoms with Gasteiger partial charge in [-0.3, -0.25) is 0 Å². The van der Waals surface area contributed by atoms with Crippen molar-refractivity contribution in [2.75, 3.05) is 13.6 Å². The smallest absolute Gasteiger partial charge is 0.127 e. The minimum atomic E-state index is -0.0568. The molecule has 3 rings (SSSR count). The number of fused-ring (bicyclic) bond motifs is 1. The van der Waals surface area contributed by atoms with E-state index in [0.29, 0.717) is 0 Å². The van der Waals surface area contributed by atoms with Crippen molar-refractivity contribution in [1.82, 2.24) is 14.5 Å². The van der Waals surface area contributed by atoms with Crippen LogP contribution in [0.15, 0.2) is 24.3 Å². The lowest BCUT2D eigenvalue weighted by atomic mass is 10.3. The second-order valence-corrected chi connectivity index (χ2v) is 6.09. The van der Waals surface area contributed by atoms with Crippen LogP contribution in [0.5, 0.6) is 0 Å². The molecule has 1 aliphatic carbocycles. The minimum absolute atomic E-state index is 0.0568. The molecule has 2 aromatic rings. The van der Waals surface area contributed by atoms with Crippen LogP contribution in [-0.2, 0) is 6.54 Å². The van der Waals surface area contributed by atoms with Crippen molar-refractivity contribution in [3.63, 3.8) is 0 Å². The molecule has 3 nitrogen and oxygen atoms in total. The van der Waals surface area contributed by atoms with Crippen molar-refractivity contribution in [3.05, 3.63) is 30.1 Å². The van der Waals surface area contributed by atoms with Gasteiger partial charge < -0.3 is 9.47 Å². The van der Waals surface area contributed by atoms with E-state index in [0.717, 1.165) is 30.5 Å². The maximum atomic E-state index is 6.27. The standard InChI is InChI=1S/C15H20ClN3/c1-11(16)15-17-13-5-3-4-6-14(13)19(15)10-9-18(2)12-7-8-12/h3-6,11-12H,7-10H2,1-2H3. The van der Waals surface area contributed by atoms with Crippen molar-refractivity contribution in [3.8, 4) is 0 Å². The fourth-order valence-electron chi connectivity index (χ4n) is 2.59. The van der Waals surface area contributed by atoms with Crippen LogP contribution in [0.1, 0.15) is 31.0 Å². The predicted molar refractivity (Wildman–Crippen MR) is 79.7 cm³/mol. The first-order valence-electron chi connectivity index (χ1n) is 6.96. The molecule has 1 fully saturated rings. The van der Waals surface area contributed by atoms with Gasteiger partial charge in [0.2, 0.25) is 0 Å². The van der Waals surface area contributed by atoms with Crippen LogP contribution in [0.4, 0.5) is 0 Å². The number of hydrogen-bond donors (Lipinski definition) is 0. The topological polar surface area (TPSA) is 21.1 Å². The molecule has 0 spiro atoms. The van der Waals surface area contributed by atoms with Crippen molar-refractivity contribution >= 4 is 22.6 Å². The van der Waals surface area contributed by atoms with E-state index in [1.165, 1.54) is 18.4 Å². The number of halogens is 1. The molecule has 102 valence electrons. The number of hydrogen-bond acceptors (Lipinski definition) is 2. The molecular formula is C15H20ClN3. The van der Waals surface area contributed by atoms with E-state index in [2.05, 4.69) is 39.7 Å². The summed E-state index contributed by atoms with van der Waals surface area (Å²) >= 11 is 6.27. The Morgan fingerprint density at radius 3 is 2.84 bits per heavy atom. The van der Waals surface area contributed by atoms with Gasteiger partial charge in [0, 0.05) is 19.1 Å². The van der Waals surface area contributed by atoms with Gasteiger partial charge in [-0.1, -0.05) is 12.1 Å². The summed E-state index contributed by atoms with van der Waals surface area (Å²) in [5.41, 5.74) is 2.23. The zero-order valence-electron chi connectivity index (χ0n) is 11.5. The first-order valence-corrected chi connectivity index (χ1v) is 7.40. The Balaban J connectivity index is 1.88. The maximum Gasteiger partial charge on any atom is 0.127 e. The van der Waals surface area contributed by atoms with Crippen LogP contribution in [0, 0.1) is 0 Å². The van der Waals surface area contributed by atoms with Gasteiger partial charge in [-0.05, 0) is 38.9 Å². The molecule has 1 heterocycles. The normalized spacial score (nSPS) is 17.3. The largest absolute Gasteiger partial charge is 0.325 e. The highest BCUT2D eigenvalue weighted by atomic mass is 35.5. The fourth-order valence-corrected chi connectivity index (χ4v) is 2.76. The molecule has 4 heteroatoms. The van der Waals surface area contributed by atoms with Gasteiger partial charge in [0.05, 0.1) is 16.4 Å². The van der Waals surface area contributed by atoms with Crippen LogP contribution in [0.3, 0.4) is 0 Å². The van der Waals surface area contributed by atoms with E-state index in [1.807, 2.05) is 13.0 Å². The highest BCUT2D eigenvalue weighted by Gasteiger charge is 2.26. The Hall–Kier alpha value is -1.06. The Kier molecular flexibility index (Phi) is 3.50. The zero-order valence-corrected chi connectivity index (χ0v) is 12.3. The van der Waals surface area contributed by atoms with Crippen LogP contribution >= 0.6 is 11.6 Å². The van der Waals surface area contributed by atoms with Crippen molar-refractivity contribution in [1.29, 1.82) is 0 Å². The van der Waals surface area contributed by atoms with Crippen molar-refractivity contribution in [2.45, 2.75) is 37.7 Å². The molecule has 0 N–H and O–H groups in total. The first-order chi connectivity index (χ1) is 9.16. The van der Waals surface area contributed by atoms with Crippen molar-refractivity contribution < 1.29 is 0 Å². The summed E-state index contributed by atoms with van der Waals surface area (Å²) in [5.74, 6) is 0.979. The van der Waals surface area contributed by atoms with E-state index in [-0.39, 0.29) is 5.38 Å². The molecule has 1 saturated carbocycles. The molecule has 1 atom stereocenters. The van der Waals surface area contributed by atoms with Gasteiger partial charge in [-0.2, -0.15) is 0 Å². The molecule has 1 unspecified atom stereocenters. The quantitative estimate of drug-likeness (QED) is 0.781. The molecule has 0 saturated heterocycles. The number of likely N-dealkylation sites (N-methyl/N-ethyl adjacent to an activating group) is 1. The summed E-state index contributed by atoms with van der Waals surface area (Å²) < 4.78 is 2.27. The van der Waals surface area contributed by atoms with Gasteiger partial charge in [-0.25, -0.2) is 4.98 Å². The summed E-state index contributed by atoms with van der Waals surface area (Å²) in [5, 5.41) is -0.0568.